The average molecular weight is 365 g/mol. The quantitative estimate of drug-likeness (QED) is 0.698. The first kappa shape index (κ1) is 14.6. The van der Waals surface area contributed by atoms with Crippen LogP contribution in [0.25, 0.3) is 0 Å². The Morgan fingerprint density at radius 1 is 1.10 bits per heavy atom. The van der Waals surface area contributed by atoms with Gasteiger partial charge in [0.1, 0.15) is 0 Å². The van der Waals surface area contributed by atoms with Gasteiger partial charge in [0.05, 0.1) is 11.4 Å². The third-order valence-corrected chi connectivity index (χ3v) is 4.42. The van der Waals surface area contributed by atoms with E-state index in [1.807, 2.05) is 35.2 Å². The van der Waals surface area contributed by atoms with E-state index in [2.05, 4.69) is 28.1 Å². The van der Waals surface area contributed by atoms with Crippen LogP contribution in [0.4, 0.5) is 11.4 Å². The van der Waals surface area contributed by atoms with Gasteiger partial charge in [0.2, 0.25) is 5.91 Å². The lowest BCUT2D eigenvalue weighted by Crippen LogP contribution is -2.27. The highest BCUT2D eigenvalue weighted by Crippen LogP contribution is 2.37. The molecule has 3 rings (SSSR count). The lowest BCUT2D eigenvalue weighted by molar-refractivity contribution is -0.117. The number of hydrogen-bond acceptors (Lipinski definition) is 1. The van der Waals surface area contributed by atoms with E-state index in [9.17, 15) is 4.79 Å². The number of aryl methyl sites for hydroxylation is 2. The van der Waals surface area contributed by atoms with Gasteiger partial charge in [-0.05, 0) is 42.2 Å². The van der Waals surface area contributed by atoms with Gasteiger partial charge in [0, 0.05) is 16.8 Å². The third-order valence-electron chi connectivity index (χ3n) is 3.74. The number of anilines is 2. The predicted molar refractivity (Wildman–Crippen MR) is 90.5 cm³/mol. The van der Waals surface area contributed by atoms with Gasteiger partial charge in [-0.2, -0.15) is 0 Å². The van der Waals surface area contributed by atoms with Crippen LogP contribution in [0.3, 0.4) is 0 Å². The Balaban J connectivity index is 2.19. The highest BCUT2D eigenvalue weighted by Gasteiger charge is 2.25. The van der Waals surface area contributed by atoms with Crippen molar-refractivity contribution in [1.82, 2.24) is 0 Å². The lowest BCUT2D eigenvalue weighted by atomic mass is 10.0. The van der Waals surface area contributed by atoms with Crippen LogP contribution in [0.1, 0.15) is 17.5 Å². The molecule has 108 valence electrons. The van der Waals surface area contributed by atoms with Gasteiger partial charge in [-0.1, -0.05) is 40.2 Å². The summed E-state index contributed by atoms with van der Waals surface area (Å²) in [5.74, 6) is 0.375. The van der Waals surface area contributed by atoms with Crippen LogP contribution in [-0.4, -0.2) is 11.8 Å². The molecule has 0 N–H and O–H groups in total. The van der Waals surface area contributed by atoms with Gasteiger partial charge < -0.3 is 0 Å². The number of halogens is 2. The van der Waals surface area contributed by atoms with Crippen molar-refractivity contribution in [3.05, 3.63) is 58.1 Å². The molecule has 0 spiro atoms. The summed E-state index contributed by atoms with van der Waals surface area (Å²) in [6.45, 7) is 0. The summed E-state index contributed by atoms with van der Waals surface area (Å²) in [6.07, 6.45) is 2.21. The molecule has 0 atom stereocenters. The van der Waals surface area contributed by atoms with E-state index < -0.39 is 0 Å². The van der Waals surface area contributed by atoms with E-state index in [4.69, 9.17) is 11.6 Å². The van der Waals surface area contributed by atoms with Gasteiger partial charge >= 0.3 is 0 Å². The van der Waals surface area contributed by atoms with Crippen LogP contribution < -0.4 is 4.90 Å². The predicted octanol–water partition coefficient (Wildman–Crippen LogP) is 4.84. The zero-order valence-electron chi connectivity index (χ0n) is 11.5. The maximum absolute atomic E-state index is 12.6. The fourth-order valence-corrected chi connectivity index (χ4v) is 3.27. The minimum absolute atomic E-state index is 0.0405. The lowest BCUT2D eigenvalue weighted by Gasteiger charge is -2.25. The Morgan fingerprint density at radius 3 is 2.57 bits per heavy atom. The van der Waals surface area contributed by atoms with Crippen molar-refractivity contribution in [3.63, 3.8) is 0 Å². The SMILES string of the molecule is O=C(CCCl)N1c2ccccc2CCc2ccc(Br)cc21. The summed E-state index contributed by atoms with van der Waals surface area (Å²) in [5, 5.41) is 0. The largest absolute Gasteiger partial charge is 0.280 e. The van der Waals surface area contributed by atoms with Crippen LogP contribution in [0.5, 0.6) is 0 Å². The zero-order valence-corrected chi connectivity index (χ0v) is 13.8. The summed E-state index contributed by atoms with van der Waals surface area (Å²) in [6, 6.07) is 14.2. The molecule has 2 aromatic rings. The van der Waals surface area contributed by atoms with Crippen LogP contribution in [0.2, 0.25) is 0 Å². The molecule has 0 saturated carbocycles. The monoisotopic (exact) mass is 363 g/mol. The molecule has 0 aliphatic carbocycles. The standard InChI is InChI=1S/C17H15BrClNO/c18-14-8-7-13-6-5-12-3-1-2-4-15(12)20(16(13)11-14)17(21)9-10-19/h1-4,7-8,11H,5-6,9-10H2. The van der Waals surface area contributed by atoms with E-state index >= 15 is 0 Å². The summed E-state index contributed by atoms with van der Waals surface area (Å²) < 4.78 is 0.976. The molecule has 0 bridgehead atoms. The molecule has 2 aromatic carbocycles. The number of para-hydroxylation sites is 1. The number of rotatable bonds is 2. The average Bonchev–Trinajstić information content (AvgIpc) is 2.63. The van der Waals surface area contributed by atoms with E-state index in [1.54, 1.807) is 0 Å². The number of hydrogen-bond donors (Lipinski definition) is 0. The summed E-state index contributed by atoms with van der Waals surface area (Å²) in [4.78, 5) is 14.4. The first-order valence-corrected chi connectivity index (χ1v) is 8.28. The maximum Gasteiger partial charge on any atom is 0.232 e. The maximum atomic E-state index is 12.6. The Hall–Kier alpha value is -1.32. The summed E-state index contributed by atoms with van der Waals surface area (Å²) >= 11 is 9.29. The fourth-order valence-electron chi connectivity index (χ4n) is 2.76. The molecule has 1 heterocycles. The summed E-state index contributed by atoms with van der Waals surface area (Å²) in [7, 11) is 0. The molecular formula is C17H15BrClNO. The second-order valence-corrected chi connectivity index (χ2v) is 6.36. The van der Waals surface area contributed by atoms with Gasteiger partial charge in [0.15, 0.2) is 0 Å². The Kier molecular flexibility index (Phi) is 4.32. The van der Waals surface area contributed by atoms with Gasteiger partial charge in [-0.15, -0.1) is 11.6 Å². The highest BCUT2D eigenvalue weighted by atomic mass is 79.9. The van der Waals surface area contributed by atoms with Crippen LogP contribution in [-0.2, 0) is 17.6 Å². The minimum Gasteiger partial charge on any atom is -0.280 e. The second kappa shape index (κ2) is 6.20. The molecule has 1 amide bonds. The normalized spacial score (nSPS) is 13.3. The van der Waals surface area contributed by atoms with Crippen molar-refractivity contribution in [3.8, 4) is 0 Å². The molecule has 0 radical (unpaired) electrons. The molecule has 2 nitrogen and oxygen atoms in total. The number of amides is 1. The highest BCUT2D eigenvalue weighted by molar-refractivity contribution is 9.10. The Labute approximate surface area is 137 Å². The molecule has 0 unspecified atom stereocenters. The molecule has 0 aromatic heterocycles. The fraction of sp³-hybridized carbons (Fsp3) is 0.235. The van der Waals surface area contributed by atoms with Gasteiger partial charge in [-0.3, -0.25) is 9.69 Å². The van der Waals surface area contributed by atoms with Crippen molar-refractivity contribution >= 4 is 44.8 Å². The second-order valence-electron chi connectivity index (χ2n) is 5.07. The Morgan fingerprint density at radius 2 is 1.81 bits per heavy atom. The molecule has 1 aliphatic rings. The van der Waals surface area contributed by atoms with E-state index in [0.717, 1.165) is 28.7 Å². The topological polar surface area (TPSA) is 20.3 Å². The number of fused-ring (bicyclic) bond motifs is 2. The van der Waals surface area contributed by atoms with Gasteiger partial charge in [-0.25, -0.2) is 0 Å². The molecule has 0 fully saturated rings. The van der Waals surface area contributed by atoms with E-state index in [1.165, 1.54) is 11.1 Å². The smallest absolute Gasteiger partial charge is 0.232 e. The van der Waals surface area contributed by atoms with Crippen molar-refractivity contribution in [2.75, 3.05) is 10.8 Å². The van der Waals surface area contributed by atoms with Crippen LogP contribution in [0.15, 0.2) is 46.9 Å². The van der Waals surface area contributed by atoms with Crippen LogP contribution >= 0.6 is 27.5 Å². The van der Waals surface area contributed by atoms with E-state index in [0.29, 0.717) is 12.3 Å². The minimum atomic E-state index is 0.0405. The van der Waals surface area contributed by atoms with Crippen molar-refractivity contribution in [1.29, 1.82) is 0 Å². The molecule has 0 saturated heterocycles. The molecule has 4 heteroatoms. The van der Waals surface area contributed by atoms with Crippen molar-refractivity contribution in [2.24, 2.45) is 0 Å². The van der Waals surface area contributed by atoms with Crippen LogP contribution in [0, 0.1) is 0 Å². The van der Waals surface area contributed by atoms with E-state index in [-0.39, 0.29) is 5.91 Å². The van der Waals surface area contributed by atoms with Crippen molar-refractivity contribution in [2.45, 2.75) is 19.3 Å². The number of carbonyl (C=O) groups is 1. The number of alkyl halides is 1. The first-order valence-electron chi connectivity index (χ1n) is 6.96. The number of benzene rings is 2. The van der Waals surface area contributed by atoms with Gasteiger partial charge in [0.25, 0.3) is 0 Å². The Bertz CT molecular complexity index is 686. The third kappa shape index (κ3) is 2.85. The summed E-state index contributed by atoms with van der Waals surface area (Å²) in [5.41, 5.74) is 4.33. The number of nitrogens with zero attached hydrogens (tertiary/aromatic N) is 1. The molecule has 21 heavy (non-hydrogen) atoms. The molecular weight excluding hydrogens is 350 g/mol. The molecule has 1 aliphatic heterocycles. The zero-order chi connectivity index (χ0) is 14.8. The van der Waals surface area contributed by atoms with Crippen molar-refractivity contribution < 1.29 is 4.79 Å². The first-order chi connectivity index (χ1) is 10.2. The number of carbonyl (C=O) groups excluding carboxylic acids is 1.